The summed E-state index contributed by atoms with van der Waals surface area (Å²) in [6.45, 7) is 1.83. The molecule has 4 nitrogen and oxygen atoms in total. The number of halogens is 2. The molecule has 0 radical (unpaired) electrons. The molecule has 19 heavy (non-hydrogen) atoms. The van der Waals surface area contributed by atoms with Crippen LogP contribution in [0.1, 0.15) is 15.9 Å². The first-order valence-electron chi connectivity index (χ1n) is 5.31. The van der Waals surface area contributed by atoms with Gasteiger partial charge in [0.15, 0.2) is 0 Å². The molecular weight excluding hydrogens is 289 g/mol. The number of hydrogen-bond donors (Lipinski definition) is 1. The van der Waals surface area contributed by atoms with Crippen molar-refractivity contribution in [3.8, 4) is 11.6 Å². The number of carbonyl (C=O) groups is 1. The topological polar surface area (TPSA) is 59.4 Å². The monoisotopic (exact) mass is 297 g/mol. The Morgan fingerprint density at radius 1 is 1.32 bits per heavy atom. The molecule has 1 aromatic carbocycles. The van der Waals surface area contributed by atoms with Gasteiger partial charge in [0, 0.05) is 11.2 Å². The molecule has 0 atom stereocenters. The van der Waals surface area contributed by atoms with Gasteiger partial charge >= 0.3 is 5.97 Å². The minimum Gasteiger partial charge on any atom is -0.478 e. The van der Waals surface area contributed by atoms with E-state index in [-0.39, 0.29) is 16.5 Å². The Labute approximate surface area is 119 Å². The van der Waals surface area contributed by atoms with E-state index in [1.807, 2.05) is 6.92 Å². The van der Waals surface area contributed by atoms with Crippen molar-refractivity contribution >= 4 is 29.2 Å². The predicted molar refractivity (Wildman–Crippen MR) is 72.5 cm³/mol. The Balaban J connectivity index is 2.35. The maximum atomic E-state index is 10.9. The van der Waals surface area contributed by atoms with Gasteiger partial charge in [0.2, 0.25) is 5.88 Å². The number of benzene rings is 1. The van der Waals surface area contributed by atoms with Crippen LogP contribution in [0.4, 0.5) is 0 Å². The average Bonchev–Trinajstić information content (AvgIpc) is 2.36. The van der Waals surface area contributed by atoms with Gasteiger partial charge in [-0.05, 0) is 36.8 Å². The van der Waals surface area contributed by atoms with Crippen LogP contribution in [0.2, 0.25) is 10.0 Å². The normalized spacial score (nSPS) is 10.3. The summed E-state index contributed by atoms with van der Waals surface area (Å²) in [7, 11) is 0. The summed E-state index contributed by atoms with van der Waals surface area (Å²) in [6, 6.07) is 6.36. The van der Waals surface area contributed by atoms with Gasteiger partial charge in [0.25, 0.3) is 0 Å². The number of aromatic carboxylic acids is 1. The fraction of sp³-hybridized carbons (Fsp3) is 0.0769. The Kier molecular flexibility index (Phi) is 3.93. The van der Waals surface area contributed by atoms with Gasteiger partial charge in [-0.1, -0.05) is 23.2 Å². The first-order valence-corrected chi connectivity index (χ1v) is 6.06. The van der Waals surface area contributed by atoms with Crippen LogP contribution in [-0.4, -0.2) is 16.1 Å². The lowest BCUT2D eigenvalue weighted by Crippen LogP contribution is -2.00. The molecule has 98 valence electrons. The van der Waals surface area contributed by atoms with E-state index in [4.69, 9.17) is 33.0 Å². The number of ether oxygens (including phenoxy) is 1. The molecule has 0 amide bonds. The third-order valence-electron chi connectivity index (χ3n) is 2.43. The van der Waals surface area contributed by atoms with Crippen LogP contribution < -0.4 is 4.74 Å². The van der Waals surface area contributed by atoms with E-state index >= 15 is 0 Å². The molecule has 1 aromatic heterocycles. The number of nitrogens with zero attached hydrogens (tertiary/aromatic N) is 1. The van der Waals surface area contributed by atoms with Gasteiger partial charge in [0.05, 0.1) is 5.56 Å². The highest BCUT2D eigenvalue weighted by atomic mass is 35.5. The van der Waals surface area contributed by atoms with Crippen molar-refractivity contribution in [1.29, 1.82) is 0 Å². The molecule has 2 rings (SSSR count). The summed E-state index contributed by atoms with van der Waals surface area (Å²) in [4.78, 5) is 14.9. The van der Waals surface area contributed by atoms with Crippen LogP contribution in [0.5, 0.6) is 11.6 Å². The molecule has 0 bridgehead atoms. The van der Waals surface area contributed by atoms with E-state index in [2.05, 4.69) is 4.98 Å². The van der Waals surface area contributed by atoms with E-state index in [0.717, 1.165) is 5.56 Å². The van der Waals surface area contributed by atoms with Crippen molar-refractivity contribution < 1.29 is 14.6 Å². The Morgan fingerprint density at radius 2 is 2.05 bits per heavy atom. The van der Waals surface area contributed by atoms with E-state index in [1.165, 1.54) is 12.3 Å². The number of hydrogen-bond acceptors (Lipinski definition) is 3. The summed E-state index contributed by atoms with van der Waals surface area (Å²) < 4.78 is 5.47. The van der Waals surface area contributed by atoms with Gasteiger partial charge in [-0.3, -0.25) is 0 Å². The van der Waals surface area contributed by atoms with Crippen LogP contribution in [-0.2, 0) is 0 Å². The maximum Gasteiger partial charge on any atom is 0.337 e. The Morgan fingerprint density at radius 3 is 2.68 bits per heavy atom. The molecule has 1 N–H and O–H groups in total. The maximum absolute atomic E-state index is 10.9. The molecule has 6 heteroatoms. The Bertz CT molecular complexity index is 644. The zero-order valence-electron chi connectivity index (χ0n) is 9.85. The minimum absolute atomic E-state index is 0.0393. The smallest absolute Gasteiger partial charge is 0.337 e. The number of carboxylic acids is 1. The van der Waals surface area contributed by atoms with E-state index in [0.29, 0.717) is 10.8 Å². The predicted octanol–water partition coefficient (Wildman–Crippen LogP) is 4.19. The number of carboxylic acid groups (broad SMARTS) is 1. The quantitative estimate of drug-likeness (QED) is 0.923. The summed E-state index contributed by atoms with van der Waals surface area (Å²) in [5, 5.41) is 9.53. The Hall–Kier alpha value is -1.78. The lowest BCUT2D eigenvalue weighted by molar-refractivity contribution is 0.0696. The van der Waals surface area contributed by atoms with Crippen molar-refractivity contribution in [3.63, 3.8) is 0 Å². The molecule has 0 aliphatic carbocycles. The summed E-state index contributed by atoms with van der Waals surface area (Å²) >= 11 is 11.8. The van der Waals surface area contributed by atoms with E-state index in [1.54, 1.807) is 18.2 Å². The van der Waals surface area contributed by atoms with Crippen LogP contribution in [0.3, 0.4) is 0 Å². The highest BCUT2D eigenvalue weighted by Crippen LogP contribution is 2.31. The second kappa shape index (κ2) is 5.47. The molecule has 0 saturated heterocycles. The van der Waals surface area contributed by atoms with Crippen molar-refractivity contribution in [2.45, 2.75) is 6.92 Å². The number of rotatable bonds is 3. The molecular formula is C13H9Cl2NO3. The molecule has 1 heterocycles. The molecule has 0 aliphatic heterocycles. The summed E-state index contributed by atoms with van der Waals surface area (Å²) in [5.41, 5.74) is 0.780. The standard InChI is InChI=1S/C13H9Cl2NO3/c1-7-6-8(2-3-10(7)14)19-12-11(15)9(13(17)18)4-5-16-12/h2-6H,1H3,(H,17,18). The van der Waals surface area contributed by atoms with Crippen LogP contribution in [0.15, 0.2) is 30.5 Å². The highest BCUT2D eigenvalue weighted by Gasteiger charge is 2.15. The zero-order chi connectivity index (χ0) is 14.0. The largest absolute Gasteiger partial charge is 0.478 e. The highest BCUT2D eigenvalue weighted by molar-refractivity contribution is 6.34. The molecule has 0 spiro atoms. The van der Waals surface area contributed by atoms with Gasteiger partial charge in [0.1, 0.15) is 10.8 Å². The summed E-state index contributed by atoms with van der Waals surface area (Å²) in [6.07, 6.45) is 1.33. The number of aromatic nitrogens is 1. The van der Waals surface area contributed by atoms with Crippen LogP contribution in [0.25, 0.3) is 0 Å². The third kappa shape index (κ3) is 2.97. The van der Waals surface area contributed by atoms with Crippen molar-refractivity contribution in [1.82, 2.24) is 4.98 Å². The minimum atomic E-state index is -1.13. The molecule has 0 unspecified atom stereocenters. The van der Waals surface area contributed by atoms with Gasteiger partial charge in [-0.25, -0.2) is 9.78 Å². The summed E-state index contributed by atoms with van der Waals surface area (Å²) in [5.74, 6) is -0.605. The molecule has 2 aromatic rings. The zero-order valence-corrected chi connectivity index (χ0v) is 11.4. The van der Waals surface area contributed by atoms with Crippen molar-refractivity contribution in [3.05, 3.63) is 51.6 Å². The molecule has 0 aliphatic rings. The third-order valence-corrected chi connectivity index (χ3v) is 3.22. The van der Waals surface area contributed by atoms with Crippen molar-refractivity contribution in [2.75, 3.05) is 0 Å². The number of aryl methyl sites for hydroxylation is 1. The average molecular weight is 298 g/mol. The molecule has 0 fully saturated rings. The van der Waals surface area contributed by atoms with Gasteiger partial charge in [-0.2, -0.15) is 0 Å². The SMILES string of the molecule is Cc1cc(Oc2nccc(C(=O)O)c2Cl)ccc1Cl. The fourth-order valence-electron chi connectivity index (χ4n) is 1.45. The molecule has 0 saturated carbocycles. The van der Waals surface area contributed by atoms with Gasteiger partial charge < -0.3 is 9.84 Å². The van der Waals surface area contributed by atoms with Crippen molar-refractivity contribution in [2.24, 2.45) is 0 Å². The van der Waals surface area contributed by atoms with Crippen LogP contribution >= 0.6 is 23.2 Å². The number of pyridine rings is 1. The fourth-order valence-corrected chi connectivity index (χ4v) is 1.80. The lowest BCUT2D eigenvalue weighted by atomic mass is 10.2. The van der Waals surface area contributed by atoms with E-state index < -0.39 is 5.97 Å². The van der Waals surface area contributed by atoms with Gasteiger partial charge in [-0.15, -0.1) is 0 Å². The lowest BCUT2D eigenvalue weighted by Gasteiger charge is -2.09. The van der Waals surface area contributed by atoms with Crippen LogP contribution in [0, 0.1) is 6.92 Å². The first-order chi connectivity index (χ1) is 8.99. The second-order valence-corrected chi connectivity index (χ2v) is 4.58. The van der Waals surface area contributed by atoms with E-state index in [9.17, 15) is 4.79 Å². The first kappa shape index (κ1) is 13.6. The second-order valence-electron chi connectivity index (χ2n) is 3.80.